The van der Waals surface area contributed by atoms with Gasteiger partial charge in [-0.15, -0.1) is 0 Å². The second kappa shape index (κ2) is 20.0. The van der Waals surface area contributed by atoms with Gasteiger partial charge < -0.3 is 5.73 Å². The molecule has 0 atom stereocenters. The van der Waals surface area contributed by atoms with Crippen molar-refractivity contribution in [1.82, 2.24) is 0 Å². The smallest absolute Gasteiger partial charge is 0.217 e. The highest BCUT2D eigenvalue weighted by Crippen LogP contribution is 2.11. The zero-order valence-corrected chi connectivity index (χ0v) is 16.1. The number of hydrogen-bond acceptors (Lipinski definition) is 1. The Morgan fingerprint density at radius 1 is 0.667 bits per heavy atom. The van der Waals surface area contributed by atoms with Crippen molar-refractivity contribution in [3.05, 3.63) is 24.3 Å². The SMILES string of the molecule is CCCCC/C=C\C/C=C\CCCCCCCCCCCC(N)=O. The monoisotopic (exact) mass is 335 g/mol. The van der Waals surface area contributed by atoms with Gasteiger partial charge in [0.15, 0.2) is 0 Å². The van der Waals surface area contributed by atoms with E-state index in [0.717, 1.165) is 19.3 Å². The van der Waals surface area contributed by atoms with Gasteiger partial charge in [-0.25, -0.2) is 0 Å². The van der Waals surface area contributed by atoms with Crippen LogP contribution in [0.15, 0.2) is 24.3 Å². The molecule has 0 unspecified atom stereocenters. The highest BCUT2D eigenvalue weighted by molar-refractivity contribution is 5.73. The van der Waals surface area contributed by atoms with Gasteiger partial charge in [0.1, 0.15) is 0 Å². The lowest BCUT2D eigenvalue weighted by Crippen LogP contribution is -2.09. The summed E-state index contributed by atoms with van der Waals surface area (Å²) in [7, 11) is 0. The molecule has 1 amide bonds. The van der Waals surface area contributed by atoms with Crippen LogP contribution in [0, 0.1) is 0 Å². The number of carbonyl (C=O) groups excluding carboxylic acids is 1. The molecule has 2 nitrogen and oxygen atoms in total. The minimum absolute atomic E-state index is 0.160. The summed E-state index contributed by atoms with van der Waals surface area (Å²) in [6, 6.07) is 0. The second-order valence-corrected chi connectivity index (χ2v) is 6.86. The maximum atomic E-state index is 10.6. The molecule has 2 N–H and O–H groups in total. The summed E-state index contributed by atoms with van der Waals surface area (Å²) in [4.78, 5) is 10.6. The molecule has 0 heterocycles. The number of carbonyl (C=O) groups is 1. The minimum atomic E-state index is -0.160. The lowest BCUT2D eigenvalue weighted by Gasteiger charge is -2.01. The molecular weight excluding hydrogens is 294 g/mol. The first kappa shape index (κ1) is 22.9. The first-order valence-electron chi connectivity index (χ1n) is 10.4. The van der Waals surface area contributed by atoms with E-state index in [9.17, 15) is 4.79 Å². The molecule has 0 aromatic carbocycles. The fourth-order valence-corrected chi connectivity index (χ4v) is 2.82. The third kappa shape index (κ3) is 20.9. The third-order valence-corrected chi connectivity index (χ3v) is 4.37. The molecule has 0 fully saturated rings. The summed E-state index contributed by atoms with van der Waals surface area (Å²) in [5.74, 6) is -0.160. The maximum absolute atomic E-state index is 10.6. The number of hydrogen-bond donors (Lipinski definition) is 1. The van der Waals surface area contributed by atoms with E-state index >= 15 is 0 Å². The van der Waals surface area contributed by atoms with Crippen LogP contribution < -0.4 is 5.73 Å². The number of unbranched alkanes of at least 4 members (excludes halogenated alkanes) is 12. The first-order chi connectivity index (χ1) is 11.8. The second-order valence-electron chi connectivity index (χ2n) is 6.86. The predicted molar refractivity (Wildman–Crippen MR) is 107 cm³/mol. The van der Waals surface area contributed by atoms with E-state index < -0.39 is 0 Å². The van der Waals surface area contributed by atoms with E-state index in [0.29, 0.717) is 6.42 Å². The number of primary amides is 1. The summed E-state index contributed by atoms with van der Waals surface area (Å²) in [6.45, 7) is 2.25. The molecule has 0 radical (unpaired) electrons. The number of amides is 1. The summed E-state index contributed by atoms with van der Waals surface area (Å²) < 4.78 is 0. The van der Waals surface area contributed by atoms with Gasteiger partial charge in [0, 0.05) is 6.42 Å². The number of nitrogens with two attached hydrogens (primary N) is 1. The fourth-order valence-electron chi connectivity index (χ4n) is 2.82. The van der Waals surface area contributed by atoms with Crippen molar-refractivity contribution in [1.29, 1.82) is 0 Å². The van der Waals surface area contributed by atoms with E-state index in [1.165, 1.54) is 77.0 Å². The molecule has 0 aliphatic carbocycles. The molecule has 0 aliphatic rings. The van der Waals surface area contributed by atoms with Crippen molar-refractivity contribution in [2.24, 2.45) is 5.73 Å². The van der Waals surface area contributed by atoms with Crippen molar-refractivity contribution >= 4 is 5.91 Å². The largest absolute Gasteiger partial charge is 0.370 e. The Labute approximate surface area is 151 Å². The van der Waals surface area contributed by atoms with E-state index in [1.807, 2.05) is 0 Å². The van der Waals surface area contributed by atoms with E-state index in [2.05, 4.69) is 31.2 Å². The Hall–Kier alpha value is -1.05. The van der Waals surface area contributed by atoms with Crippen molar-refractivity contribution in [3.8, 4) is 0 Å². The third-order valence-electron chi connectivity index (χ3n) is 4.37. The van der Waals surface area contributed by atoms with Gasteiger partial charge in [-0.2, -0.15) is 0 Å². The standard InChI is InChI=1S/C22H41NO/c1-2-3-4-5-6-7-8-9-10-11-12-13-14-15-16-17-18-19-20-21-22(23)24/h6-7,9-10H,2-5,8,11-21H2,1H3,(H2,23,24)/b7-6-,10-9-. The van der Waals surface area contributed by atoms with Crippen LogP contribution in [0.2, 0.25) is 0 Å². The quantitative estimate of drug-likeness (QED) is 0.216. The summed E-state index contributed by atoms with van der Waals surface area (Å²) >= 11 is 0. The van der Waals surface area contributed by atoms with Gasteiger partial charge in [-0.3, -0.25) is 4.79 Å². The molecular formula is C22H41NO. The molecule has 24 heavy (non-hydrogen) atoms. The van der Waals surface area contributed by atoms with Crippen LogP contribution in [0.5, 0.6) is 0 Å². The van der Waals surface area contributed by atoms with E-state index in [-0.39, 0.29) is 5.91 Å². The molecule has 0 aromatic rings. The Morgan fingerprint density at radius 2 is 1.12 bits per heavy atom. The van der Waals surface area contributed by atoms with Crippen molar-refractivity contribution < 1.29 is 4.79 Å². The molecule has 0 rings (SSSR count). The lowest BCUT2D eigenvalue weighted by molar-refractivity contribution is -0.118. The number of rotatable bonds is 18. The van der Waals surface area contributed by atoms with Gasteiger partial charge >= 0.3 is 0 Å². The Kier molecular flexibility index (Phi) is 19.1. The molecule has 0 aliphatic heterocycles. The van der Waals surface area contributed by atoms with Gasteiger partial charge in [-0.1, -0.05) is 89.0 Å². The molecule has 2 heteroatoms. The lowest BCUT2D eigenvalue weighted by atomic mass is 10.1. The summed E-state index contributed by atoms with van der Waals surface area (Å²) in [5, 5.41) is 0. The van der Waals surface area contributed by atoms with Gasteiger partial charge in [0.2, 0.25) is 5.91 Å². The number of allylic oxidation sites excluding steroid dienone is 4. The van der Waals surface area contributed by atoms with E-state index in [1.54, 1.807) is 0 Å². The fraction of sp³-hybridized carbons (Fsp3) is 0.773. The van der Waals surface area contributed by atoms with Crippen LogP contribution in [-0.2, 0) is 4.79 Å². The summed E-state index contributed by atoms with van der Waals surface area (Å²) in [5.41, 5.74) is 5.12. The van der Waals surface area contributed by atoms with E-state index in [4.69, 9.17) is 5.73 Å². The van der Waals surface area contributed by atoms with Crippen LogP contribution >= 0.6 is 0 Å². The average Bonchev–Trinajstić information content (AvgIpc) is 2.56. The zero-order chi connectivity index (χ0) is 17.7. The Morgan fingerprint density at radius 3 is 1.62 bits per heavy atom. The minimum Gasteiger partial charge on any atom is -0.370 e. The van der Waals surface area contributed by atoms with Crippen molar-refractivity contribution in [3.63, 3.8) is 0 Å². The maximum Gasteiger partial charge on any atom is 0.217 e. The van der Waals surface area contributed by atoms with Crippen LogP contribution in [0.4, 0.5) is 0 Å². The molecule has 0 saturated carbocycles. The van der Waals surface area contributed by atoms with Crippen molar-refractivity contribution in [2.45, 2.75) is 110 Å². The highest BCUT2D eigenvalue weighted by atomic mass is 16.1. The predicted octanol–water partition coefficient (Wildman–Crippen LogP) is 6.85. The van der Waals surface area contributed by atoms with Crippen LogP contribution in [0.1, 0.15) is 110 Å². The van der Waals surface area contributed by atoms with Crippen LogP contribution in [-0.4, -0.2) is 5.91 Å². The molecule has 0 spiro atoms. The highest BCUT2D eigenvalue weighted by Gasteiger charge is 1.95. The molecule has 140 valence electrons. The first-order valence-corrected chi connectivity index (χ1v) is 10.4. The van der Waals surface area contributed by atoms with Gasteiger partial charge in [0.25, 0.3) is 0 Å². The molecule has 0 bridgehead atoms. The van der Waals surface area contributed by atoms with Crippen LogP contribution in [0.3, 0.4) is 0 Å². The topological polar surface area (TPSA) is 43.1 Å². The molecule has 0 saturated heterocycles. The van der Waals surface area contributed by atoms with Crippen molar-refractivity contribution in [2.75, 3.05) is 0 Å². The van der Waals surface area contributed by atoms with Crippen LogP contribution in [0.25, 0.3) is 0 Å². The zero-order valence-electron chi connectivity index (χ0n) is 16.1. The summed E-state index contributed by atoms with van der Waals surface area (Å²) in [6.07, 6.45) is 28.9. The average molecular weight is 336 g/mol. The Bertz CT molecular complexity index is 320. The normalized spacial score (nSPS) is 11.7. The Balaban J connectivity index is 3.14. The van der Waals surface area contributed by atoms with Gasteiger partial charge in [-0.05, 0) is 38.5 Å². The molecule has 0 aromatic heterocycles. The van der Waals surface area contributed by atoms with Gasteiger partial charge in [0.05, 0.1) is 0 Å².